The van der Waals surface area contributed by atoms with Gasteiger partial charge in [-0.15, -0.1) is 0 Å². The summed E-state index contributed by atoms with van der Waals surface area (Å²) in [4.78, 5) is 4.54. The predicted octanol–water partition coefficient (Wildman–Crippen LogP) is 4.16. The van der Waals surface area contributed by atoms with E-state index in [0.717, 1.165) is 11.3 Å². The number of sulfone groups is 1. The summed E-state index contributed by atoms with van der Waals surface area (Å²) in [5.41, 5.74) is 2.27. The van der Waals surface area contributed by atoms with Crippen LogP contribution in [-0.4, -0.2) is 28.4 Å². The van der Waals surface area contributed by atoms with Crippen molar-refractivity contribution in [1.82, 2.24) is 9.71 Å². The summed E-state index contributed by atoms with van der Waals surface area (Å²) in [6, 6.07) is 15.6. The molecule has 0 saturated heterocycles. The van der Waals surface area contributed by atoms with Gasteiger partial charge in [0.05, 0.1) is 14.7 Å². The Morgan fingerprint density at radius 2 is 1.64 bits per heavy atom. The van der Waals surface area contributed by atoms with Gasteiger partial charge in [0.1, 0.15) is 0 Å². The van der Waals surface area contributed by atoms with Crippen LogP contribution in [0.25, 0.3) is 0 Å². The van der Waals surface area contributed by atoms with Gasteiger partial charge in [-0.2, -0.15) is 0 Å². The number of sulfonamides is 1. The number of pyridine rings is 1. The lowest BCUT2D eigenvalue weighted by Gasteiger charge is -2.40. The SMILES string of the molecule is CCC1(CC)c2ccccc2S(=O)(=O)c2cc(S(=O)(=O)NCCc3ccccn3)c(C)cc21. The second-order valence-electron chi connectivity index (χ2n) is 8.37. The quantitative estimate of drug-likeness (QED) is 0.543. The lowest BCUT2D eigenvalue weighted by Crippen LogP contribution is -2.35. The average molecular weight is 485 g/mol. The Kier molecular flexibility index (Phi) is 6.20. The molecule has 1 aromatic heterocycles. The summed E-state index contributed by atoms with van der Waals surface area (Å²) >= 11 is 0. The van der Waals surface area contributed by atoms with Crippen molar-refractivity contribution in [2.45, 2.75) is 60.1 Å². The Morgan fingerprint density at radius 1 is 0.939 bits per heavy atom. The molecule has 8 heteroatoms. The Balaban J connectivity index is 1.80. The molecule has 0 bridgehead atoms. The number of aryl methyl sites for hydroxylation is 1. The third-order valence-corrected chi connectivity index (χ3v) is 10.1. The van der Waals surface area contributed by atoms with Gasteiger partial charge in [0.2, 0.25) is 19.9 Å². The highest BCUT2D eigenvalue weighted by molar-refractivity contribution is 7.92. The number of nitrogens with one attached hydrogen (secondary N) is 1. The molecule has 0 atom stereocenters. The summed E-state index contributed by atoms with van der Waals surface area (Å²) in [5.74, 6) is 0. The molecule has 33 heavy (non-hydrogen) atoms. The minimum atomic E-state index is -3.92. The standard InChI is InChI=1S/C25H28N2O4S2/c1-4-25(5-2)20-11-6-7-12-22(20)32(28,29)24-17-23(18(3)16-21(24)25)33(30,31)27-15-13-19-10-8-9-14-26-19/h6-12,14,16-17,27H,4-5,13,15H2,1-3H3. The van der Waals surface area contributed by atoms with Crippen LogP contribution in [-0.2, 0) is 31.7 Å². The van der Waals surface area contributed by atoms with Gasteiger partial charge in [-0.25, -0.2) is 21.6 Å². The van der Waals surface area contributed by atoms with Gasteiger partial charge in [-0.05, 0) is 60.7 Å². The van der Waals surface area contributed by atoms with E-state index in [0.29, 0.717) is 30.4 Å². The molecule has 1 aliphatic heterocycles. The summed E-state index contributed by atoms with van der Waals surface area (Å²) in [7, 11) is -7.77. The van der Waals surface area contributed by atoms with Gasteiger partial charge in [-0.3, -0.25) is 4.98 Å². The zero-order valence-corrected chi connectivity index (χ0v) is 20.6. The van der Waals surface area contributed by atoms with E-state index in [1.807, 2.05) is 38.1 Å². The van der Waals surface area contributed by atoms with E-state index in [1.165, 1.54) is 6.07 Å². The van der Waals surface area contributed by atoms with Crippen molar-refractivity contribution in [2.75, 3.05) is 6.54 Å². The summed E-state index contributed by atoms with van der Waals surface area (Å²) in [6.45, 7) is 5.97. The van der Waals surface area contributed by atoms with E-state index < -0.39 is 25.3 Å². The Bertz CT molecular complexity index is 1400. The number of nitrogens with zero attached hydrogens (tertiary/aromatic N) is 1. The van der Waals surface area contributed by atoms with Gasteiger partial charge in [0.25, 0.3) is 0 Å². The molecule has 3 aromatic rings. The molecule has 0 amide bonds. The Morgan fingerprint density at radius 3 is 2.30 bits per heavy atom. The average Bonchev–Trinajstić information content (AvgIpc) is 2.80. The van der Waals surface area contributed by atoms with Crippen LogP contribution in [0, 0.1) is 6.92 Å². The first-order chi connectivity index (χ1) is 15.7. The fraction of sp³-hybridized carbons (Fsp3) is 0.320. The molecule has 4 rings (SSSR count). The van der Waals surface area contributed by atoms with E-state index in [2.05, 4.69) is 9.71 Å². The first-order valence-electron chi connectivity index (χ1n) is 11.1. The highest BCUT2D eigenvalue weighted by atomic mass is 32.2. The van der Waals surface area contributed by atoms with Crippen LogP contribution in [0.3, 0.4) is 0 Å². The molecule has 2 heterocycles. The van der Waals surface area contributed by atoms with Crippen LogP contribution >= 0.6 is 0 Å². The molecule has 0 radical (unpaired) electrons. The van der Waals surface area contributed by atoms with Crippen LogP contribution < -0.4 is 4.72 Å². The highest BCUT2D eigenvalue weighted by Gasteiger charge is 2.44. The van der Waals surface area contributed by atoms with Crippen LogP contribution in [0.4, 0.5) is 0 Å². The molecule has 174 valence electrons. The van der Waals surface area contributed by atoms with Gasteiger partial charge < -0.3 is 0 Å². The molecule has 0 spiro atoms. The molecule has 0 fully saturated rings. The maximum atomic E-state index is 13.6. The predicted molar refractivity (Wildman–Crippen MR) is 128 cm³/mol. The lowest BCUT2D eigenvalue weighted by molar-refractivity contribution is 0.448. The number of hydrogen-bond donors (Lipinski definition) is 1. The summed E-state index contributed by atoms with van der Waals surface area (Å²) in [5, 5.41) is 0. The largest absolute Gasteiger partial charge is 0.261 e. The van der Waals surface area contributed by atoms with Crippen molar-refractivity contribution in [3.63, 3.8) is 0 Å². The van der Waals surface area contributed by atoms with Crippen molar-refractivity contribution in [3.8, 4) is 0 Å². The zero-order chi connectivity index (χ0) is 23.9. The molecule has 1 aliphatic rings. The van der Waals surface area contributed by atoms with Gasteiger partial charge in [0, 0.05) is 30.3 Å². The van der Waals surface area contributed by atoms with Crippen molar-refractivity contribution in [2.24, 2.45) is 0 Å². The molecular weight excluding hydrogens is 456 g/mol. The fourth-order valence-corrected chi connectivity index (χ4v) is 8.09. The fourth-order valence-electron chi connectivity index (χ4n) is 4.86. The van der Waals surface area contributed by atoms with Crippen LogP contribution in [0.1, 0.15) is 49.1 Å². The zero-order valence-electron chi connectivity index (χ0n) is 19.0. The first kappa shape index (κ1) is 23.6. The minimum Gasteiger partial charge on any atom is -0.261 e. The van der Waals surface area contributed by atoms with Crippen LogP contribution in [0.15, 0.2) is 75.5 Å². The maximum Gasteiger partial charge on any atom is 0.240 e. The molecule has 2 aromatic carbocycles. The third kappa shape index (κ3) is 3.90. The third-order valence-electron chi connectivity index (χ3n) is 6.67. The second kappa shape index (κ2) is 8.66. The van der Waals surface area contributed by atoms with Gasteiger partial charge in [0.15, 0.2) is 0 Å². The second-order valence-corrected chi connectivity index (χ2v) is 12.0. The van der Waals surface area contributed by atoms with Gasteiger partial charge >= 0.3 is 0 Å². The summed E-state index contributed by atoms with van der Waals surface area (Å²) in [6.07, 6.45) is 3.51. The minimum absolute atomic E-state index is 0.00802. The summed E-state index contributed by atoms with van der Waals surface area (Å²) < 4.78 is 56.1. The van der Waals surface area contributed by atoms with Crippen LogP contribution in [0.2, 0.25) is 0 Å². The van der Waals surface area contributed by atoms with E-state index in [-0.39, 0.29) is 21.2 Å². The molecule has 0 aliphatic carbocycles. The van der Waals surface area contributed by atoms with E-state index in [4.69, 9.17) is 0 Å². The van der Waals surface area contributed by atoms with Crippen molar-refractivity contribution < 1.29 is 16.8 Å². The molecule has 6 nitrogen and oxygen atoms in total. The number of benzene rings is 2. The maximum absolute atomic E-state index is 13.6. The molecule has 0 unspecified atom stereocenters. The van der Waals surface area contributed by atoms with E-state index >= 15 is 0 Å². The number of hydrogen-bond acceptors (Lipinski definition) is 5. The molecule has 0 saturated carbocycles. The van der Waals surface area contributed by atoms with Crippen molar-refractivity contribution in [3.05, 3.63) is 83.2 Å². The number of rotatable bonds is 7. The Hall–Kier alpha value is -2.55. The molecular formula is C25H28N2O4S2. The topological polar surface area (TPSA) is 93.2 Å². The Labute approximate surface area is 196 Å². The lowest BCUT2D eigenvalue weighted by atomic mass is 9.70. The highest BCUT2D eigenvalue weighted by Crippen LogP contribution is 2.50. The smallest absolute Gasteiger partial charge is 0.240 e. The van der Waals surface area contributed by atoms with Gasteiger partial charge in [-0.1, -0.05) is 44.2 Å². The number of fused-ring (bicyclic) bond motifs is 2. The van der Waals surface area contributed by atoms with Crippen molar-refractivity contribution >= 4 is 19.9 Å². The van der Waals surface area contributed by atoms with Crippen molar-refractivity contribution in [1.29, 1.82) is 0 Å². The van der Waals surface area contributed by atoms with E-state index in [9.17, 15) is 16.8 Å². The normalized spacial score (nSPS) is 16.1. The van der Waals surface area contributed by atoms with Crippen LogP contribution in [0.5, 0.6) is 0 Å². The monoisotopic (exact) mass is 484 g/mol. The first-order valence-corrected chi connectivity index (χ1v) is 14.0. The van der Waals surface area contributed by atoms with E-state index in [1.54, 1.807) is 37.4 Å². The molecule has 1 N–H and O–H groups in total. The number of aromatic nitrogens is 1.